The smallest absolute Gasteiger partial charge is 0.280 e. The fourth-order valence-corrected chi connectivity index (χ4v) is 2.15. The molecule has 114 valence electrons. The van der Waals surface area contributed by atoms with Crippen molar-refractivity contribution in [3.8, 4) is 0 Å². The Hall–Kier alpha value is -2.10. The van der Waals surface area contributed by atoms with Crippen molar-refractivity contribution in [3.63, 3.8) is 0 Å². The maximum atomic E-state index is 11.0. The molecule has 0 spiro atoms. The van der Waals surface area contributed by atoms with Gasteiger partial charge < -0.3 is 15.2 Å². The van der Waals surface area contributed by atoms with E-state index in [0.717, 1.165) is 6.07 Å². The Bertz CT molecular complexity index is 556. The topological polar surface area (TPSA) is 128 Å². The summed E-state index contributed by atoms with van der Waals surface area (Å²) < 4.78 is 5.09. The Kier molecular flexibility index (Phi) is 4.46. The molecule has 1 atom stereocenters. The minimum atomic E-state index is -0.963. The van der Waals surface area contributed by atoms with Crippen LogP contribution in [0.4, 0.5) is 11.4 Å². The van der Waals surface area contributed by atoms with E-state index in [0.29, 0.717) is 18.6 Å². The van der Waals surface area contributed by atoms with Crippen LogP contribution in [0.5, 0.6) is 0 Å². The van der Waals surface area contributed by atoms with Gasteiger partial charge in [-0.1, -0.05) is 0 Å². The van der Waals surface area contributed by atoms with Crippen molar-refractivity contribution in [2.24, 2.45) is 0 Å². The first kappa shape index (κ1) is 15.3. The van der Waals surface area contributed by atoms with Crippen LogP contribution in [0.3, 0.4) is 0 Å². The summed E-state index contributed by atoms with van der Waals surface area (Å²) in [7, 11) is 0. The number of hydrogen-bond acceptors (Lipinski definition) is 7. The summed E-state index contributed by atoms with van der Waals surface area (Å²) in [5.41, 5.74) is -1.28. The molecule has 9 nitrogen and oxygen atoms in total. The summed E-state index contributed by atoms with van der Waals surface area (Å²) in [5, 5.41) is 34.6. The normalized spacial score (nSPS) is 21.4. The fraction of sp³-hybridized carbons (Fsp3) is 0.500. The van der Waals surface area contributed by atoms with Gasteiger partial charge in [-0.15, -0.1) is 0 Å². The largest absolute Gasteiger partial charge is 0.386 e. The Labute approximate surface area is 119 Å². The predicted octanol–water partition coefficient (Wildman–Crippen LogP) is 0.744. The molecular formula is C12H15N3O6. The van der Waals surface area contributed by atoms with Crippen molar-refractivity contribution in [2.45, 2.75) is 18.6 Å². The molecule has 0 amide bonds. The van der Waals surface area contributed by atoms with E-state index < -0.39 is 15.4 Å². The third-order valence-corrected chi connectivity index (χ3v) is 3.33. The fourth-order valence-electron chi connectivity index (χ4n) is 2.15. The number of hydrogen-bond donors (Lipinski definition) is 2. The first-order chi connectivity index (χ1) is 9.91. The van der Waals surface area contributed by atoms with Crippen LogP contribution in [0, 0.1) is 20.2 Å². The molecule has 0 bridgehead atoms. The van der Waals surface area contributed by atoms with Gasteiger partial charge in [-0.25, -0.2) is 0 Å². The van der Waals surface area contributed by atoms with Gasteiger partial charge in [0.1, 0.15) is 5.60 Å². The van der Waals surface area contributed by atoms with E-state index in [4.69, 9.17) is 4.74 Å². The zero-order valence-electron chi connectivity index (χ0n) is 11.2. The molecule has 1 aliphatic heterocycles. The summed E-state index contributed by atoms with van der Waals surface area (Å²) in [6.07, 6.45) is 0.502. The zero-order valence-corrected chi connectivity index (χ0v) is 11.2. The molecule has 1 aromatic carbocycles. The van der Waals surface area contributed by atoms with Gasteiger partial charge in [-0.05, 0) is 6.07 Å². The van der Waals surface area contributed by atoms with Crippen LogP contribution in [0.25, 0.3) is 0 Å². The molecule has 0 radical (unpaired) electrons. The van der Waals surface area contributed by atoms with Crippen LogP contribution in [-0.2, 0) is 11.3 Å². The van der Waals surface area contributed by atoms with Gasteiger partial charge in [-0.3, -0.25) is 20.2 Å². The molecule has 1 saturated heterocycles. The highest BCUT2D eigenvalue weighted by atomic mass is 16.6. The highest BCUT2D eigenvalue weighted by Gasteiger charge is 2.31. The van der Waals surface area contributed by atoms with Crippen molar-refractivity contribution in [1.29, 1.82) is 0 Å². The van der Waals surface area contributed by atoms with Crippen LogP contribution < -0.4 is 5.32 Å². The molecule has 1 unspecified atom stereocenters. The minimum absolute atomic E-state index is 0.136. The quantitative estimate of drug-likeness (QED) is 0.585. The number of rotatable bonds is 6. The number of aliphatic hydroxyl groups is 1. The second kappa shape index (κ2) is 6.12. The first-order valence-electron chi connectivity index (χ1n) is 6.34. The van der Waals surface area contributed by atoms with Gasteiger partial charge in [0.05, 0.1) is 22.5 Å². The minimum Gasteiger partial charge on any atom is -0.386 e. The van der Waals surface area contributed by atoms with E-state index in [-0.39, 0.29) is 31.1 Å². The van der Waals surface area contributed by atoms with Crippen LogP contribution >= 0.6 is 0 Å². The summed E-state index contributed by atoms with van der Waals surface area (Å²) in [5.74, 6) is 0. The van der Waals surface area contributed by atoms with Gasteiger partial charge in [0.15, 0.2) is 0 Å². The Morgan fingerprint density at radius 3 is 2.67 bits per heavy atom. The summed E-state index contributed by atoms with van der Waals surface area (Å²) in [6, 6.07) is 3.50. The molecule has 1 heterocycles. The van der Waals surface area contributed by atoms with Gasteiger partial charge in [0, 0.05) is 37.7 Å². The number of non-ortho nitro benzene ring substituents is 1. The lowest BCUT2D eigenvalue weighted by Crippen LogP contribution is -2.40. The second-order valence-corrected chi connectivity index (χ2v) is 4.96. The lowest BCUT2D eigenvalue weighted by Gasteiger charge is -2.20. The highest BCUT2D eigenvalue weighted by Crippen LogP contribution is 2.25. The van der Waals surface area contributed by atoms with Crippen molar-refractivity contribution in [3.05, 3.63) is 44.0 Å². The molecule has 2 rings (SSSR count). The van der Waals surface area contributed by atoms with E-state index in [1.165, 1.54) is 12.1 Å². The van der Waals surface area contributed by atoms with Gasteiger partial charge in [0.25, 0.3) is 11.4 Å². The van der Waals surface area contributed by atoms with Crippen molar-refractivity contribution in [2.75, 3.05) is 19.8 Å². The SMILES string of the molecule is O=[N+]([O-])c1ccc(CNCC2(O)CCOC2)c([N+](=O)[O-])c1. The van der Waals surface area contributed by atoms with Crippen LogP contribution in [0.1, 0.15) is 12.0 Å². The summed E-state index contributed by atoms with van der Waals surface area (Å²) >= 11 is 0. The number of ether oxygens (including phenoxy) is 1. The van der Waals surface area contributed by atoms with Crippen molar-refractivity contribution < 1.29 is 19.7 Å². The Morgan fingerprint density at radius 1 is 1.33 bits per heavy atom. The molecule has 0 aliphatic carbocycles. The zero-order chi connectivity index (χ0) is 15.5. The Morgan fingerprint density at radius 2 is 2.10 bits per heavy atom. The molecule has 21 heavy (non-hydrogen) atoms. The Balaban J connectivity index is 2.05. The maximum absolute atomic E-state index is 11.0. The van der Waals surface area contributed by atoms with E-state index >= 15 is 0 Å². The molecule has 9 heteroatoms. The van der Waals surface area contributed by atoms with Crippen LogP contribution in [-0.4, -0.2) is 40.3 Å². The number of nitrogens with one attached hydrogen (secondary N) is 1. The lowest BCUT2D eigenvalue weighted by atomic mass is 10.0. The van der Waals surface area contributed by atoms with E-state index in [1.807, 2.05) is 0 Å². The molecule has 0 aromatic heterocycles. The molecule has 2 N–H and O–H groups in total. The number of nitro benzene ring substituents is 2. The standard InChI is InChI=1S/C12H15N3O6/c16-12(3-4-21-8-12)7-13-6-9-1-2-10(14(17)18)5-11(9)15(19)20/h1-2,5,13,16H,3-4,6-8H2. The average Bonchev–Trinajstić information content (AvgIpc) is 2.85. The van der Waals surface area contributed by atoms with E-state index in [9.17, 15) is 25.3 Å². The predicted molar refractivity (Wildman–Crippen MR) is 71.8 cm³/mol. The van der Waals surface area contributed by atoms with E-state index in [2.05, 4.69) is 5.32 Å². The lowest BCUT2D eigenvalue weighted by molar-refractivity contribution is -0.394. The third-order valence-electron chi connectivity index (χ3n) is 3.33. The number of benzene rings is 1. The second-order valence-electron chi connectivity index (χ2n) is 4.96. The van der Waals surface area contributed by atoms with Gasteiger partial charge in [0.2, 0.25) is 0 Å². The molecule has 1 fully saturated rings. The maximum Gasteiger partial charge on any atom is 0.280 e. The molecular weight excluding hydrogens is 282 g/mol. The monoisotopic (exact) mass is 297 g/mol. The van der Waals surface area contributed by atoms with Gasteiger partial charge >= 0.3 is 0 Å². The summed E-state index contributed by atoms with van der Waals surface area (Å²) in [4.78, 5) is 20.3. The average molecular weight is 297 g/mol. The molecule has 1 aromatic rings. The molecule has 0 saturated carbocycles. The summed E-state index contributed by atoms with van der Waals surface area (Å²) in [6.45, 7) is 1.08. The van der Waals surface area contributed by atoms with Crippen molar-refractivity contribution >= 4 is 11.4 Å². The van der Waals surface area contributed by atoms with E-state index in [1.54, 1.807) is 0 Å². The van der Waals surface area contributed by atoms with Gasteiger partial charge in [-0.2, -0.15) is 0 Å². The van der Waals surface area contributed by atoms with Crippen LogP contribution in [0.2, 0.25) is 0 Å². The highest BCUT2D eigenvalue weighted by molar-refractivity contribution is 5.49. The van der Waals surface area contributed by atoms with Crippen molar-refractivity contribution in [1.82, 2.24) is 5.32 Å². The number of nitrogens with zero attached hydrogens (tertiary/aromatic N) is 2. The van der Waals surface area contributed by atoms with Crippen LogP contribution in [0.15, 0.2) is 18.2 Å². The number of nitro groups is 2. The molecule has 1 aliphatic rings. The third kappa shape index (κ3) is 3.72. The first-order valence-corrected chi connectivity index (χ1v) is 6.34.